The van der Waals surface area contributed by atoms with Crippen molar-refractivity contribution in [3.05, 3.63) is 57.0 Å². The van der Waals surface area contributed by atoms with E-state index in [-0.39, 0.29) is 0 Å². The van der Waals surface area contributed by atoms with Crippen molar-refractivity contribution in [1.29, 1.82) is 0 Å². The lowest BCUT2D eigenvalue weighted by Crippen LogP contribution is -2.28. The maximum absolute atomic E-state index is 12.2. The van der Waals surface area contributed by atoms with Crippen molar-refractivity contribution in [1.82, 2.24) is 4.73 Å². The van der Waals surface area contributed by atoms with E-state index in [1.165, 1.54) is 0 Å². The molecule has 0 amide bonds. The Morgan fingerprint density at radius 3 is 2.11 bits per heavy atom. The van der Waals surface area contributed by atoms with Gasteiger partial charge in [0.1, 0.15) is 0 Å². The molecule has 0 radical (unpaired) electrons. The third kappa shape index (κ3) is 1.79. The Labute approximate surface area is 106 Å². The molecule has 0 spiro atoms. The standard InChI is InChI=1S/C14H16N2O2/c1-9-5-7-13(8-6-9)14-12(4)15(17)10(2)11(3)16(14)18/h5-8H,1-4H3. The molecule has 1 heterocycles. The quantitative estimate of drug-likeness (QED) is 0.724. The number of aryl methyl sites for hydroxylation is 1. The van der Waals surface area contributed by atoms with Crippen molar-refractivity contribution in [3.8, 4) is 11.3 Å². The first-order valence-corrected chi connectivity index (χ1v) is 5.83. The molecule has 0 aliphatic carbocycles. The second-order valence-electron chi connectivity index (χ2n) is 4.56. The van der Waals surface area contributed by atoms with Gasteiger partial charge in [0.25, 0.3) is 11.4 Å². The predicted molar refractivity (Wildman–Crippen MR) is 70.9 cm³/mol. The van der Waals surface area contributed by atoms with Gasteiger partial charge < -0.3 is 9.94 Å². The van der Waals surface area contributed by atoms with Crippen molar-refractivity contribution >= 4 is 0 Å². The Morgan fingerprint density at radius 2 is 1.56 bits per heavy atom. The van der Waals surface area contributed by atoms with Crippen LogP contribution in [0.3, 0.4) is 0 Å². The van der Waals surface area contributed by atoms with Crippen LogP contribution >= 0.6 is 0 Å². The minimum atomic E-state index is 0.424. The molecular formula is C14H16N2O2. The molecule has 0 N–H and O–H groups in total. The van der Waals surface area contributed by atoms with Crippen molar-refractivity contribution in [2.45, 2.75) is 27.7 Å². The van der Waals surface area contributed by atoms with Gasteiger partial charge in [0.2, 0.25) is 0 Å². The summed E-state index contributed by atoms with van der Waals surface area (Å²) in [5.74, 6) is 0. The first-order valence-electron chi connectivity index (χ1n) is 5.83. The molecule has 18 heavy (non-hydrogen) atoms. The summed E-state index contributed by atoms with van der Waals surface area (Å²) in [6.07, 6.45) is 0. The first kappa shape index (κ1) is 12.4. The Hall–Kier alpha value is -2.10. The van der Waals surface area contributed by atoms with Crippen molar-refractivity contribution in [3.63, 3.8) is 0 Å². The minimum absolute atomic E-state index is 0.424. The summed E-state index contributed by atoms with van der Waals surface area (Å²) in [6, 6.07) is 7.58. The van der Waals surface area contributed by atoms with Crippen LogP contribution < -0.4 is 4.43 Å². The summed E-state index contributed by atoms with van der Waals surface area (Å²) in [5.41, 5.74) is 3.61. The maximum Gasteiger partial charge on any atom is 0.288 e. The molecule has 0 aliphatic rings. The normalized spacial score (nSPS) is 10.7. The monoisotopic (exact) mass is 244 g/mol. The van der Waals surface area contributed by atoms with Crippen LogP contribution in [0.15, 0.2) is 24.3 Å². The van der Waals surface area contributed by atoms with Crippen LogP contribution in [0.2, 0.25) is 0 Å². The molecule has 1 aromatic heterocycles. The van der Waals surface area contributed by atoms with Gasteiger partial charge in [-0.25, -0.2) is 0 Å². The molecule has 1 aromatic carbocycles. The van der Waals surface area contributed by atoms with Crippen LogP contribution in [0.1, 0.15) is 22.6 Å². The highest BCUT2D eigenvalue weighted by atomic mass is 16.5. The molecule has 4 nitrogen and oxygen atoms in total. The molecular weight excluding hydrogens is 228 g/mol. The van der Waals surface area contributed by atoms with E-state index >= 15 is 0 Å². The second-order valence-corrected chi connectivity index (χ2v) is 4.56. The Kier molecular flexibility index (Phi) is 2.95. The summed E-state index contributed by atoms with van der Waals surface area (Å²) < 4.78 is 1.66. The largest absolute Gasteiger partial charge is 0.805 e. The van der Waals surface area contributed by atoms with Gasteiger partial charge in [-0.15, -0.1) is 0 Å². The lowest BCUT2D eigenvalue weighted by Gasteiger charge is -2.18. The van der Waals surface area contributed by atoms with Crippen molar-refractivity contribution < 1.29 is 4.43 Å². The average Bonchev–Trinajstić information content (AvgIpc) is 2.36. The Balaban J connectivity index is 2.80. The second kappa shape index (κ2) is 4.29. The van der Waals surface area contributed by atoms with Crippen molar-refractivity contribution in [2.24, 2.45) is 0 Å². The van der Waals surface area contributed by atoms with Crippen molar-refractivity contribution in [2.75, 3.05) is 0 Å². The molecule has 2 rings (SSSR count). The highest BCUT2D eigenvalue weighted by Crippen LogP contribution is 2.21. The fourth-order valence-electron chi connectivity index (χ4n) is 1.99. The van der Waals surface area contributed by atoms with Gasteiger partial charge in [-0.1, -0.05) is 17.7 Å². The number of nitrogens with zero attached hydrogens (tertiary/aromatic N) is 2. The molecule has 0 aliphatic heterocycles. The van der Waals surface area contributed by atoms with Crippen LogP contribution in [0.5, 0.6) is 0 Å². The molecule has 94 valence electrons. The lowest BCUT2D eigenvalue weighted by atomic mass is 10.1. The molecule has 2 aromatic rings. The Morgan fingerprint density at radius 1 is 1.00 bits per heavy atom. The summed E-state index contributed by atoms with van der Waals surface area (Å²) in [7, 11) is 0. The van der Waals surface area contributed by atoms with Crippen LogP contribution in [-0.2, 0) is 0 Å². The number of hydrogen-bond donors (Lipinski definition) is 0. The summed E-state index contributed by atoms with van der Waals surface area (Å²) in [6.45, 7) is 6.97. The maximum atomic E-state index is 12.2. The molecule has 0 bridgehead atoms. The fourth-order valence-corrected chi connectivity index (χ4v) is 1.99. The average molecular weight is 244 g/mol. The topological polar surface area (TPSA) is 51.0 Å². The van der Waals surface area contributed by atoms with Crippen LogP contribution in [0.4, 0.5) is 0 Å². The van der Waals surface area contributed by atoms with E-state index in [1.807, 2.05) is 31.2 Å². The molecule has 4 heteroatoms. The number of aromatic nitrogens is 2. The zero-order valence-electron chi connectivity index (χ0n) is 11.0. The minimum Gasteiger partial charge on any atom is -0.805 e. The van der Waals surface area contributed by atoms with E-state index in [0.717, 1.165) is 20.3 Å². The van der Waals surface area contributed by atoms with Crippen LogP contribution in [0.25, 0.3) is 11.3 Å². The van der Waals surface area contributed by atoms with Gasteiger partial charge in [0.15, 0.2) is 0 Å². The number of hydrogen-bond acceptors (Lipinski definition) is 2. The Bertz CT molecular complexity index is 655. The van der Waals surface area contributed by atoms with Gasteiger partial charge in [-0.3, -0.25) is 0 Å². The molecule has 0 saturated carbocycles. The zero-order chi connectivity index (χ0) is 13.4. The van der Waals surface area contributed by atoms with E-state index < -0.39 is 0 Å². The molecule has 0 unspecified atom stereocenters. The first-order chi connectivity index (χ1) is 8.43. The highest BCUT2D eigenvalue weighted by molar-refractivity contribution is 5.59. The zero-order valence-corrected chi connectivity index (χ0v) is 11.0. The van der Waals surface area contributed by atoms with Gasteiger partial charge >= 0.3 is 0 Å². The third-order valence-electron chi connectivity index (χ3n) is 3.31. The molecule has 0 saturated heterocycles. The SMILES string of the molecule is Cc1ccc(-c2c(C)n([O-])c(C)c(C)[n+]2=O)cc1. The fraction of sp³-hybridized carbons (Fsp3) is 0.286. The van der Waals surface area contributed by atoms with E-state index in [2.05, 4.69) is 0 Å². The van der Waals surface area contributed by atoms with E-state index in [1.54, 1.807) is 20.8 Å². The van der Waals surface area contributed by atoms with Gasteiger partial charge in [0.05, 0.1) is 21.4 Å². The summed E-state index contributed by atoms with van der Waals surface area (Å²) in [4.78, 5) is 12.2. The van der Waals surface area contributed by atoms with Gasteiger partial charge in [0, 0.05) is 11.8 Å². The lowest BCUT2D eigenvalue weighted by molar-refractivity contribution is -0.492. The van der Waals surface area contributed by atoms with E-state index in [0.29, 0.717) is 22.8 Å². The number of benzene rings is 1. The highest BCUT2D eigenvalue weighted by Gasteiger charge is 2.21. The van der Waals surface area contributed by atoms with Gasteiger partial charge in [-0.2, -0.15) is 0 Å². The summed E-state index contributed by atoms with van der Waals surface area (Å²) in [5, 5.41) is 12.0. The summed E-state index contributed by atoms with van der Waals surface area (Å²) >= 11 is 0. The number of rotatable bonds is 1. The van der Waals surface area contributed by atoms with Crippen LogP contribution in [0, 0.1) is 37.8 Å². The third-order valence-corrected chi connectivity index (χ3v) is 3.31. The predicted octanol–water partition coefficient (Wildman–Crippen LogP) is 2.65. The van der Waals surface area contributed by atoms with Gasteiger partial charge in [-0.05, 0) is 32.9 Å². The molecule has 0 fully saturated rings. The smallest absolute Gasteiger partial charge is 0.288 e. The molecule has 0 atom stereocenters. The van der Waals surface area contributed by atoms with E-state index in [9.17, 15) is 10.1 Å². The van der Waals surface area contributed by atoms with E-state index in [4.69, 9.17) is 0 Å². The van der Waals surface area contributed by atoms with Crippen LogP contribution in [-0.4, -0.2) is 4.73 Å².